The van der Waals surface area contributed by atoms with Crippen LogP contribution in [-0.4, -0.2) is 7.05 Å². The second-order valence-corrected chi connectivity index (χ2v) is 2.51. The van der Waals surface area contributed by atoms with Gasteiger partial charge in [0.2, 0.25) is 0 Å². The Morgan fingerprint density at radius 2 is 2.08 bits per heavy atom. The van der Waals surface area contributed by atoms with Crippen LogP contribution in [0.2, 0.25) is 0 Å². The van der Waals surface area contributed by atoms with Crippen LogP contribution in [0.4, 0.5) is 0 Å². The molecule has 0 spiro atoms. The van der Waals surface area contributed by atoms with Crippen molar-refractivity contribution in [3.63, 3.8) is 0 Å². The van der Waals surface area contributed by atoms with Gasteiger partial charge in [0.25, 0.3) is 0 Å². The highest BCUT2D eigenvalue weighted by Gasteiger charge is 1.86. The molecule has 0 atom stereocenters. The summed E-state index contributed by atoms with van der Waals surface area (Å²) in [7, 11) is 1.90. The van der Waals surface area contributed by atoms with Crippen LogP contribution in [0.3, 0.4) is 0 Å². The van der Waals surface area contributed by atoms with Crippen LogP contribution >= 0.6 is 0 Å². The first kappa shape index (κ1) is 10.8. The van der Waals surface area contributed by atoms with Crippen LogP contribution < -0.4 is 5.32 Å². The molecule has 0 aromatic heterocycles. The molecule has 0 radical (unpaired) electrons. The van der Waals surface area contributed by atoms with Crippen molar-refractivity contribution in [3.05, 3.63) is 48.7 Å². The molecule has 1 heteroatoms. The molecule has 66 valence electrons. The van der Waals surface area contributed by atoms with E-state index in [-0.39, 0.29) is 0 Å². The molecule has 0 saturated carbocycles. The third-order valence-electron chi connectivity index (χ3n) is 1.53. The predicted octanol–water partition coefficient (Wildman–Crippen LogP) is 2.80. The zero-order chi connectivity index (χ0) is 9.40. The van der Waals surface area contributed by atoms with E-state index in [9.17, 15) is 0 Å². The van der Waals surface area contributed by atoms with Gasteiger partial charge in [-0.3, -0.25) is 0 Å². The molecular weight excluding hydrogens is 146 g/mol. The molecule has 0 aliphatic carbocycles. The van der Waals surface area contributed by atoms with Crippen molar-refractivity contribution in [2.24, 2.45) is 0 Å². The summed E-state index contributed by atoms with van der Waals surface area (Å²) in [5, 5.41) is 3.05. The van der Waals surface area contributed by atoms with Crippen LogP contribution in [0, 0.1) is 0 Å². The van der Waals surface area contributed by atoms with Crippen molar-refractivity contribution in [2.75, 3.05) is 7.05 Å². The molecule has 0 amide bonds. The van der Waals surface area contributed by atoms with E-state index in [0.717, 1.165) is 17.7 Å². The Balaban J connectivity index is 4.34. The standard InChI is InChI=1S/C11H17N/c1-5-7-8-11(6-2)9-10(3)12-4/h5-6,8-9,12H,1-2,7H2,3-4H3/b10-9+,11-8-. The molecule has 0 heterocycles. The molecule has 0 saturated heterocycles. The highest BCUT2D eigenvalue weighted by atomic mass is 14.8. The number of hydrogen-bond donors (Lipinski definition) is 1. The van der Waals surface area contributed by atoms with E-state index < -0.39 is 0 Å². The van der Waals surface area contributed by atoms with Crippen molar-refractivity contribution in [1.82, 2.24) is 5.32 Å². The molecular formula is C11H17N. The van der Waals surface area contributed by atoms with Crippen molar-refractivity contribution in [3.8, 4) is 0 Å². The second kappa shape index (κ2) is 6.47. The van der Waals surface area contributed by atoms with Crippen LogP contribution in [-0.2, 0) is 0 Å². The van der Waals surface area contributed by atoms with Crippen LogP contribution in [0.15, 0.2) is 48.7 Å². The number of allylic oxidation sites excluding steroid dienone is 6. The number of rotatable bonds is 5. The van der Waals surface area contributed by atoms with E-state index in [1.54, 1.807) is 0 Å². The lowest BCUT2D eigenvalue weighted by atomic mass is 10.2. The first-order valence-electron chi connectivity index (χ1n) is 4.04. The first-order valence-corrected chi connectivity index (χ1v) is 4.04. The summed E-state index contributed by atoms with van der Waals surface area (Å²) in [6.45, 7) is 9.40. The molecule has 0 unspecified atom stereocenters. The van der Waals surface area contributed by atoms with E-state index in [0.29, 0.717) is 0 Å². The molecule has 0 aromatic carbocycles. The second-order valence-electron chi connectivity index (χ2n) is 2.51. The van der Waals surface area contributed by atoms with E-state index >= 15 is 0 Å². The van der Waals surface area contributed by atoms with Gasteiger partial charge >= 0.3 is 0 Å². The maximum absolute atomic E-state index is 3.73. The summed E-state index contributed by atoms with van der Waals surface area (Å²) < 4.78 is 0. The Bertz CT molecular complexity index is 209. The fraction of sp³-hybridized carbons (Fsp3) is 0.273. The van der Waals surface area contributed by atoms with Crippen molar-refractivity contribution in [2.45, 2.75) is 13.3 Å². The summed E-state index contributed by atoms with van der Waals surface area (Å²) in [6, 6.07) is 0. The normalized spacial score (nSPS) is 12.5. The van der Waals surface area contributed by atoms with Crippen molar-refractivity contribution < 1.29 is 0 Å². The van der Waals surface area contributed by atoms with Gasteiger partial charge in [-0.2, -0.15) is 0 Å². The third-order valence-corrected chi connectivity index (χ3v) is 1.53. The van der Waals surface area contributed by atoms with Gasteiger partial charge in [-0.1, -0.05) is 24.8 Å². The summed E-state index contributed by atoms with van der Waals surface area (Å²) in [6.07, 6.45) is 8.72. The minimum Gasteiger partial charge on any atom is -0.392 e. The Morgan fingerprint density at radius 3 is 2.50 bits per heavy atom. The van der Waals surface area contributed by atoms with Crippen molar-refractivity contribution in [1.29, 1.82) is 0 Å². The van der Waals surface area contributed by atoms with E-state index in [2.05, 4.69) is 30.6 Å². The van der Waals surface area contributed by atoms with Crippen LogP contribution in [0.5, 0.6) is 0 Å². The van der Waals surface area contributed by atoms with E-state index in [1.165, 1.54) is 0 Å². The van der Waals surface area contributed by atoms with Gasteiger partial charge in [0.1, 0.15) is 0 Å². The first-order chi connectivity index (χ1) is 5.74. The summed E-state index contributed by atoms with van der Waals surface area (Å²) >= 11 is 0. The fourth-order valence-electron chi connectivity index (χ4n) is 0.743. The van der Waals surface area contributed by atoms with Crippen LogP contribution in [0.25, 0.3) is 0 Å². The molecule has 0 aliphatic heterocycles. The number of nitrogens with one attached hydrogen (secondary N) is 1. The maximum atomic E-state index is 3.73. The Kier molecular flexibility index (Phi) is 5.80. The average molecular weight is 163 g/mol. The minimum absolute atomic E-state index is 0.884. The van der Waals surface area contributed by atoms with Gasteiger partial charge in [-0.05, 0) is 25.0 Å². The molecule has 0 aliphatic rings. The molecule has 0 fully saturated rings. The lowest BCUT2D eigenvalue weighted by molar-refractivity contribution is 0.987. The van der Waals surface area contributed by atoms with Crippen LogP contribution in [0.1, 0.15) is 13.3 Å². The highest BCUT2D eigenvalue weighted by Crippen LogP contribution is 2.03. The topological polar surface area (TPSA) is 12.0 Å². The van der Waals surface area contributed by atoms with Gasteiger partial charge in [0, 0.05) is 12.7 Å². The van der Waals surface area contributed by atoms with Gasteiger partial charge < -0.3 is 5.32 Å². The minimum atomic E-state index is 0.884. The predicted molar refractivity (Wildman–Crippen MR) is 55.9 cm³/mol. The number of hydrogen-bond acceptors (Lipinski definition) is 1. The van der Waals surface area contributed by atoms with Gasteiger partial charge in [-0.15, -0.1) is 6.58 Å². The molecule has 1 nitrogen and oxygen atoms in total. The zero-order valence-corrected chi connectivity index (χ0v) is 7.93. The summed E-state index contributed by atoms with van der Waals surface area (Å²) in [5.41, 5.74) is 2.26. The lowest BCUT2D eigenvalue weighted by Crippen LogP contribution is -2.01. The quantitative estimate of drug-likeness (QED) is 0.485. The SMILES string of the molecule is C=CC/C=C(C=C)\C=C(/C)NC. The molecule has 0 rings (SSSR count). The molecule has 12 heavy (non-hydrogen) atoms. The van der Waals surface area contributed by atoms with Gasteiger partial charge in [0.15, 0.2) is 0 Å². The Hall–Kier alpha value is -1.24. The molecule has 1 N–H and O–H groups in total. The van der Waals surface area contributed by atoms with E-state index in [4.69, 9.17) is 0 Å². The monoisotopic (exact) mass is 163 g/mol. The highest BCUT2D eigenvalue weighted by molar-refractivity contribution is 5.31. The summed E-state index contributed by atoms with van der Waals surface area (Å²) in [5.74, 6) is 0. The average Bonchev–Trinajstić information content (AvgIpc) is 2.11. The smallest absolute Gasteiger partial charge is 0.00783 e. The molecule has 0 bridgehead atoms. The Labute approximate surface area is 75.2 Å². The third kappa shape index (κ3) is 4.56. The fourth-order valence-corrected chi connectivity index (χ4v) is 0.743. The van der Waals surface area contributed by atoms with E-state index in [1.807, 2.05) is 26.1 Å². The van der Waals surface area contributed by atoms with Gasteiger partial charge in [-0.25, -0.2) is 0 Å². The maximum Gasteiger partial charge on any atom is 0.00783 e. The lowest BCUT2D eigenvalue weighted by Gasteiger charge is -1.99. The summed E-state index contributed by atoms with van der Waals surface area (Å²) in [4.78, 5) is 0. The zero-order valence-electron chi connectivity index (χ0n) is 7.93. The van der Waals surface area contributed by atoms with Crippen molar-refractivity contribution >= 4 is 0 Å². The Morgan fingerprint density at radius 1 is 1.42 bits per heavy atom. The molecule has 0 aromatic rings. The van der Waals surface area contributed by atoms with Gasteiger partial charge in [0.05, 0.1) is 0 Å². The largest absolute Gasteiger partial charge is 0.392 e.